The van der Waals surface area contributed by atoms with Crippen LogP contribution in [0.3, 0.4) is 0 Å². The first-order valence-electron chi connectivity index (χ1n) is 16.6. The molecule has 8 aromatic rings. The second-order valence-corrected chi connectivity index (χ2v) is 13.2. The van der Waals surface area contributed by atoms with Gasteiger partial charge in [0.05, 0.1) is 33.5 Å². The van der Waals surface area contributed by atoms with E-state index in [1.165, 1.54) is 24.0 Å². The number of fused-ring (bicyclic) bond motifs is 6. The Morgan fingerprint density at radius 2 is 0.723 bits per heavy atom. The number of benzene rings is 4. The molecular formula is C43H34N4. The summed E-state index contributed by atoms with van der Waals surface area (Å²) in [6.45, 7) is 4.07. The molecule has 0 aliphatic heterocycles. The third-order valence-electron chi connectivity index (χ3n) is 10.2. The average molecular weight is 607 g/mol. The first-order valence-corrected chi connectivity index (χ1v) is 16.6. The fraction of sp³-hybridized carbons (Fsp3) is 0.163. The smallest absolute Gasteiger partial charge is 0.0972 e. The lowest BCUT2D eigenvalue weighted by Crippen LogP contribution is -2.23. The number of aryl methyl sites for hydroxylation is 2. The molecule has 0 spiro atoms. The lowest BCUT2D eigenvalue weighted by molar-refractivity contribution is 0.535. The van der Waals surface area contributed by atoms with Crippen LogP contribution in [0.1, 0.15) is 48.2 Å². The number of aromatic nitrogens is 4. The maximum atomic E-state index is 5.12. The molecule has 4 heterocycles. The quantitative estimate of drug-likeness (QED) is 0.187. The van der Waals surface area contributed by atoms with Gasteiger partial charge in [0.1, 0.15) is 0 Å². The van der Waals surface area contributed by atoms with Gasteiger partial charge >= 0.3 is 0 Å². The van der Waals surface area contributed by atoms with Crippen molar-refractivity contribution in [1.29, 1.82) is 0 Å². The summed E-state index contributed by atoms with van der Waals surface area (Å²) in [5, 5.41) is 4.47. The molecule has 9 rings (SSSR count). The highest BCUT2D eigenvalue weighted by Crippen LogP contribution is 2.47. The highest BCUT2D eigenvalue weighted by Gasteiger charge is 2.37. The first kappa shape index (κ1) is 27.8. The van der Waals surface area contributed by atoms with Gasteiger partial charge in [0.2, 0.25) is 0 Å². The first-order chi connectivity index (χ1) is 23.0. The zero-order valence-corrected chi connectivity index (χ0v) is 26.7. The molecule has 4 aromatic carbocycles. The van der Waals surface area contributed by atoms with E-state index in [1.54, 1.807) is 0 Å². The van der Waals surface area contributed by atoms with E-state index in [0.29, 0.717) is 0 Å². The van der Waals surface area contributed by atoms with Crippen molar-refractivity contribution in [2.24, 2.45) is 0 Å². The van der Waals surface area contributed by atoms with Crippen LogP contribution in [0, 0.1) is 13.8 Å². The second kappa shape index (κ2) is 10.8. The van der Waals surface area contributed by atoms with Crippen LogP contribution in [-0.4, -0.2) is 19.9 Å². The molecule has 0 bridgehead atoms. The lowest BCUT2D eigenvalue weighted by Gasteiger charge is -2.31. The van der Waals surface area contributed by atoms with E-state index in [0.717, 1.165) is 90.4 Å². The summed E-state index contributed by atoms with van der Waals surface area (Å²) < 4.78 is 0. The molecule has 0 atom stereocenters. The van der Waals surface area contributed by atoms with E-state index < -0.39 is 0 Å². The van der Waals surface area contributed by atoms with Gasteiger partial charge in [0, 0.05) is 49.5 Å². The molecule has 4 nitrogen and oxygen atoms in total. The number of pyridine rings is 4. The Hall–Kier alpha value is -5.48. The number of hydrogen-bond acceptors (Lipinski definition) is 4. The molecule has 1 fully saturated rings. The normalized spacial score (nSPS) is 14.4. The van der Waals surface area contributed by atoms with Crippen molar-refractivity contribution >= 4 is 43.6 Å². The van der Waals surface area contributed by atoms with Crippen LogP contribution in [0.15, 0.2) is 121 Å². The number of hydrogen-bond donors (Lipinski definition) is 0. The van der Waals surface area contributed by atoms with E-state index in [-0.39, 0.29) is 5.41 Å². The van der Waals surface area contributed by atoms with Crippen LogP contribution in [0.2, 0.25) is 0 Å². The molecule has 1 saturated carbocycles. The minimum atomic E-state index is 0.0139. The standard InChI is InChI=1S/C43H34N4/c1-27-5-7-31-9-11-33-17-23-37(46-41(33)39(31)44-27)29-13-19-35(20-14-29)43(25-3-4-26-43)36-21-15-30(16-22-36)38-24-18-34-12-10-32-8-6-28(2)45-40(32)42(34)47-38/h5-24H,3-4,25-26H2,1-2H3. The van der Waals surface area contributed by atoms with Crippen molar-refractivity contribution in [2.45, 2.75) is 44.9 Å². The molecule has 0 radical (unpaired) electrons. The molecule has 0 saturated heterocycles. The lowest BCUT2D eigenvalue weighted by atomic mass is 9.73. The molecule has 1 aliphatic rings. The van der Waals surface area contributed by atoms with Crippen molar-refractivity contribution in [3.05, 3.63) is 144 Å². The van der Waals surface area contributed by atoms with Gasteiger partial charge in [0.15, 0.2) is 0 Å². The molecule has 0 N–H and O–H groups in total. The number of nitrogens with zero attached hydrogens (tertiary/aromatic N) is 4. The largest absolute Gasteiger partial charge is 0.251 e. The summed E-state index contributed by atoms with van der Waals surface area (Å²) in [4.78, 5) is 19.9. The Labute approximate surface area is 274 Å². The maximum absolute atomic E-state index is 5.12. The molecular weight excluding hydrogens is 573 g/mol. The third kappa shape index (κ3) is 4.67. The molecule has 226 valence electrons. The summed E-state index contributed by atoms with van der Waals surface area (Å²) in [6.07, 6.45) is 4.78. The summed E-state index contributed by atoms with van der Waals surface area (Å²) in [7, 11) is 0. The van der Waals surface area contributed by atoms with Gasteiger partial charge in [-0.15, -0.1) is 0 Å². The van der Waals surface area contributed by atoms with Gasteiger partial charge in [-0.25, -0.2) is 9.97 Å². The molecule has 1 aliphatic carbocycles. The van der Waals surface area contributed by atoms with Gasteiger partial charge in [-0.1, -0.05) is 110 Å². The monoisotopic (exact) mass is 606 g/mol. The van der Waals surface area contributed by atoms with Gasteiger partial charge in [-0.2, -0.15) is 0 Å². The molecule has 0 amide bonds. The van der Waals surface area contributed by atoms with Crippen LogP contribution in [0.25, 0.3) is 66.1 Å². The Morgan fingerprint density at radius 3 is 1.13 bits per heavy atom. The fourth-order valence-corrected chi connectivity index (χ4v) is 7.69. The fourth-order valence-electron chi connectivity index (χ4n) is 7.69. The average Bonchev–Trinajstić information content (AvgIpc) is 3.63. The van der Waals surface area contributed by atoms with Gasteiger partial charge in [-0.3, -0.25) is 9.97 Å². The minimum absolute atomic E-state index is 0.0139. The van der Waals surface area contributed by atoms with Crippen LogP contribution in [0.5, 0.6) is 0 Å². The van der Waals surface area contributed by atoms with Crippen LogP contribution in [-0.2, 0) is 5.41 Å². The van der Waals surface area contributed by atoms with Crippen molar-refractivity contribution in [1.82, 2.24) is 19.9 Å². The zero-order valence-electron chi connectivity index (χ0n) is 26.7. The Bertz CT molecular complexity index is 2300. The van der Waals surface area contributed by atoms with Crippen LogP contribution >= 0.6 is 0 Å². The van der Waals surface area contributed by atoms with Gasteiger partial charge in [-0.05, 0) is 62.1 Å². The molecule has 47 heavy (non-hydrogen) atoms. The summed E-state index contributed by atoms with van der Waals surface area (Å²) in [5.74, 6) is 0. The number of rotatable bonds is 4. The van der Waals surface area contributed by atoms with E-state index >= 15 is 0 Å². The second-order valence-electron chi connectivity index (χ2n) is 13.2. The molecule has 4 heteroatoms. The predicted molar refractivity (Wildman–Crippen MR) is 194 cm³/mol. The van der Waals surface area contributed by atoms with Crippen molar-refractivity contribution in [3.63, 3.8) is 0 Å². The Balaban J connectivity index is 1.05. The van der Waals surface area contributed by atoms with Gasteiger partial charge < -0.3 is 0 Å². The highest BCUT2D eigenvalue weighted by molar-refractivity contribution is 6.04. The summed E-state index contributed by atoms with van der Waals surface area (Å²) >= 11 is 0. The van der Waals surface area contributed by atoms with Crippen molar-refractivity contribution in [3.8, 4) is 22.5 Å². The maximum Gasteiger partial charge on any atom is 0.0972 e. The molecule has 0 unspecified atom stereocenters. The predicted octanol–water partition coefficient (Wildman–Crippen LogP) is 10.7. The van der Waals surface area contributed by atoms with Gasteiger partial charge in [0.25, 0.3) is 0 Å². The molecule has 4 aromatic heterocycles. The topological polar surface area (TPSA) is 51.6 Å². The van der Waals surface area contributed by atoms with Crippen molar-refractivity contribution in [2.75, 3.05) is 0 Å². The van der Waals surface area contributed by atoms with Crippen LogP contribution < -0.4 is 0 Å². The van der Waals surface area contributed by atoms with E-state index in [9.17, 15) is 0 Å². The van der Waals surface area contributed by atoms with Crippen molar-refractivity contribution < 1.29 is 0 Å². The highest BCUT2D eigenvalue weighted by atomic mass is 14.8. The zero-order chi connectivity index (χ0) is 31.5. The SMILES string of the molecule is Cc1ccc2ccc3ccc(-c4ccc(C5(c6ccc(-c7ccc8ccc9ccc(C)nc9c8n7)cc6)CCCC5)cc4)nc3c2n1. The van der Waals surface area contributed by atoms with Crippen LogP contribution in [0.4, 0.5) is 0 Å². The van der Waals surface area contributed by atoms with E-state index in [2.05, 4.69) is 121 Å². The Kier molecular flexibility index (Phi) is 6.39. The van der Waals surface area contributed by atoms with E-state index in [1.807, 2.05) is 13.8 Å². The summed E-state index contributed by atoms with van der Waals surface area (Å²) in [5.41, 5.74) is 12.8. The Morgan fingerprint density at radius 1 is 0.383 bits per heavy atom. The summed E-state index contributed by atoms with van der Waals surface area (Å²) in [6, 6.07) is 43.8. The third-order valence-corrected chi connectivity index (χ3v) is 10.2. The minimum Gasteiger partial charge on any atom is -0.251 e. The van der Waals surface area contributed by atoms with E-state index in [4.69, 9.17) is 19.9 Å².